The predicted molar refractivity (Wildman–Crippen MR) is 96.3 cm³/mol. The van der Waals surface area contributed by atoms with Gasteiger partial charge < -0.3 is 4.74 Å². The molecule has 1 nitrogen and oxygen atoms in total. The molecule has 3 aromatic carbocycles. The van der Waals surface area contributed by atoms with E-state index >= 15 is 0 Å². The summed E-state index contributed by atoms with van der Waals surface area (Å²) in [5, 5.41) is 2.58. The Hall–Kier alpha value is -2.38. The second kappa shape index (κ2) is 6.02. The zero-order valence-electron chi connectivity index (χ0n) is 13.3. The van der Waals surface area contributed by atoms with Crippen LogP contribution in [0.5, 0.6) is 0 Å². The summed E-state index contributed by atoms with van der Waals surface area (Å²) in [6.07, 6.45) is 3.45. The molecule has 0 bridgehead atoms. The lowest BCUT2D eigenvalue weighted by molar-refractivity contribution is 0.0174. The molecule has 0 N–H and O–H groups in total. The van der Waals surface area contributed by atoms with E-state index in [-0.39, 0.29) is 12.2 Å². The van der Waals surface area contributed by atoms with Gasteiger partial charge in [-0.3, -0.25) is 0 Å². The highest BCUT2D eigenvalue weighted by atomic mass is 16.5. The molecule has 23 heavy (non-hydrogen) atoms. The molecule has 114 valence electrons. The maximum Gasteiger partial charge on any atom is 0.0873 e. The van der Waals surface area contributed by atoms with Crippen LogP contribution in [0.25, 0.3) is 16.3 Å². The summed E-state index contributed by atoms with van der Waals surface area (Å²) in [5.74, 6) is 0. The Bertz CT molecular complexity index is 848. The van der Waals surface area contributed by atoms with Crippen LogP contribution in [0.4, 0.5) is 0 Å². The molecule has 3 aromatic rings. The second-order valence-electron chi connectivity index (χ2n) is 6.20. The van der Waals surface area contributed by atoms with Crippen molar-refractivity contribution < 1.29 is 4.74 Å². The average molecular weight is 300 g/mol. The normalized spacial score (nSPS) is 21.2. The van der Waals surface area contributed by atoms with Gasteiger partial charge in [0.15, 0.2) is 0 Å². The van der Waals surface area contributed by atoms with Gasteiger partial charge >= 0.3 is 0 Å². The summed E-state index contributed by atoms with van der Waals surface area (Å²) in [6.45, 7) is 2.12. The van der Waals surface area contributed by atoms with Gasteiger partial charge in [-0.1, -0.05) is 72.8 Å². The minimum Gasteiger partial charge on any atom is -0.366 e. The maximum atomic E-state index is 6.14. The molecule has 0 saturated heterocycles. The molecule has 0 aliphatic carbocycles. The highest BCUT2D eigenvalue weighted by Gasteiger charge is 2.22. The molecule has 1 heteroatoms. The third kappa shape index (κ3) is 2.93. The molecule has 0 radical (unpaired) electrons. The number of rotatable bonds is 2. The minimum absolute atomic E-state index is 0.135. The lowest BCUT2D eigenvalue weighted by atomic mass is 9.91. The van der Waals surface area contributed by atoms with E-state index in [1.54, 1.807) is 0 Å². The van der Waals surface area contributed by atoms with Gasteiger partial charge in [0.2, 0.25) is 0 Å². The Morgan fingerprint density at radius 1 is 0.826 bits per heavy atom. The van der Waals surface area contributed by atoms with Crippen LogP contribution in [0.1, 0.15) is 30.6 Å². The third-order valence-corrected chi connectivity index (χ3v) is 4.51. The van der Waals surface area contributed by atoms with Crippen LogP contribution in [0.2, 0.25) is 0 Å². The molecule has 1 aliphatic heterocycles. The third-order valence-electron chi connectivity index (χ3n) is 4.51. The van der Waals surface area contributed by atoms with Crippen LogP contribution in [-0.4, -0.2) is 6.10 Å². The minimum atomic E-state index is 0.135. The van der Waals surface area contributed by atoms with E-state index < -0.39 is 0 Å². The molecule has 1 aliphatic rings. The summed E-state index contributed by atoms with van der Waals surface area (Å²) >= 11 is 0. The van der Waals surface area contributed by atoms with Crippen molar-refractivity contribution in [3.8, 4) is 0 Å². The molecule has 0 saturated carbocycles. The Kier molecular flexibility index (Phi) is 3.72. The first-order chi connectivity index (χ1) is 11.3. The average Bonchev–Trinajstić information content (AvgIpc) is 2.61. The van der Waals surface area contributed by atoms with Gasteiger partial charge in [0.05, 0.1) is 12.2 Å². The van der Waals surface area contributed by atoms with Crippen molar-refractivity contribution >= 4 is 16.3 Å². The fourth-order valence-corrected chi connectivity index (χ4v) is 3.36. The monoisotopic (exact) mass is 300 g/mol. The summed E-state index contributed by atoms with van der Waals surface area (Å²) in [5.41, 5.74) is 3.94. The molecule has 0 unspecified atom stereocenters. The number of ether oxygens (including phenoxy) is 1. The van der Waals surface area contributed by atoms with E-state index in [0.717, 1.165) is 6.42 Å². The molecule has 0 spiro atoms. The van der Waals surface area contributed by atoms with Crippen molar-refractivity contribution in [3.05, 3.63) is 90.0 Å². The van der Waals surface area contributed by atoms with E-state index in [2.05, 4.69) is 85.8 Å². The highest BCUT2D eigenvalue weighted by Crippen LogP contribution is 2.36. The Balaban J connectivity index is 1.69. The summed E-state index contributed by atoms with van der Waals surface area (Å²) < 4.78 is 6.14. The smallest absolute Gasteiger partial charge is 0.0873 e. The second-order valence-corrected chi connectivity index (χ2v) is 6.20. The topological polar surface area (TPSA) is 9.23 Å². The van der Waals surface area contributed by atoms with Crippen molar-refractivity contribution in [2.45, 2.75) is 25.6 Å². The van der Waals surface area contributed by atoms with E-state index in [9.17, 15) is 0 Å². The molecule has 0 aromatic heterocycles. The van der Waals surface area contributed by atoms with Crippen LogP contribution in [0.15, 0.2) is 78.9 Å². The molecular weight excluding hydrogens is 280 g/mol. The molecule has 2 atom stereocenters. The maximum absolute atomic E-state index is 6.14. The fourth-order valence-electron chi connectivity index (χ4n) is 3.36. The standard InChI is InChI=1S/C22H20O/c1-16-13-21(15-22(23-16)18-8-3-2-4-9-18)20-12-11-17-7-5-6-10-19(17)14-20/h2-14,16,22H,15H2,1H3/t16-,22-/m0/s1. The van der Waals surface area contributed by atoms with Crippen molar-refractivity contribution in [2.75, 3.05) is 0 Å². The number of benzene rings is 3. The van der Waals surface area contributed by atoms with Crippen molar-refractivity contribution in [1.82, 2.24) is 0 Å². The van der Waals surface area contributed by atoms with E-state index in [1.807, 2.05) is 0 Å². The van der Waals surface area contributed by atoms with Crippen LogP contribution in [-0.2, 0) is 4.74 Å². The predicted octanol–water partition coefficient (Wildman–Crippen LogP) is 5.77. The van der Waals surface area contributed by atoms with E-state index in [0.29, 0.717) is 0 Å². The number of fused-ring (bicyclic) bond motifs is 1. The highest BCUT2D eigenvalue weighted by molar-refractivity contribution is 5.86. The zero-order chi connectivity index (χ0) is 15.6. The van der Waals surface area contributed by atoms with Crippen molar-refractivity contribution in [3.63, 3.8) is 0 Å². The summed E-state index contributed by atoms with van der Waals surface area (Å²) in [7, 11) is 0. The van der Waals surface area contributed by atoms with Gasteiger partial charge in [-0.05, 0) is 40.5 Å². The largest absolute Gasteiger partial charge is 0.366 e. The first-order valence-electron chi connectivity index (χ1n) is 8.20. The molecule has 4 rings (SSSR count). The summed E-state index contributed by atoms with van der Waals surface area (Å²) in [4.78, 5) is 0. The molecule has 0 amide bonds. The van der Waals surface area contributed by atoms with Gasteiger partial charge in [-0.2, -0.15) is 0 Å². The van der Waals surface area contributed by atoms with Crippen LogP contribution < -0.4 is 0 Å². The van der Waals surface area contributed by atoms with Crippen LogP contribution in [0, 0.1) is 0 Å². The van der Waals surface area contributed by atoms with Gasteiger partial charge in [0.25, 0.3) is 0 Å². The molecular formula is C22H20O. The van der Waals surface area contributed by atoms with Gasteiger partial charge in [-0.15, -0.1) is 0 Å². The quantitative estimate of drug-likeness (QED) is 0.583. The first-order valence-corrected chi connectivity index (χ1v) is 8.20. The van der Waals surface area contributed by atoms with E-state index in [1.165, 1.54) is 27.5 Å². The van der Waals surface area contributed by atoms with Crippen molar-refractivity contribution in [2.24, 2.45) is 0 Å². The fraction of sp³-hybridized carbons (Fsp3) is 0.182. The van der Waals surface area contributed by atoms with Crippen molar-refractivity contribution in [1.29, 1.82) is 0 Å². The summed E-state index contributed by atoms with van der Waals surface area (Å²) in [6, 6.07) is 25.8. The van der Waals surface area contributed by atoms with Gasteiger partial charge in [0.1, 0.15) is 0 Å². The molecule has 1 heterocycles. The SMILES string of the molecule is C[C@H]1C=C(c2ccc3ccccc3c2)C[C@@H](c2ccccc2)O1. The Labute approximate surface area is 137 Å². The Morgan fingerprint density at radius 3 is 2.39 bits per heavy atom. The lowest BCUT2D eigenvalue weighted by Gasteiger charge is -2.28. The Morgan fingerprint density at radius 2 is 1.57 bits per heavy atom. The van der Waals surface area contributed by atoms with Crippen LogP contribution >= 0.6 is 0 Å². The van der Waals surface area contributed by atoms with Gasteiger partial charge in [0, 0.05) is 6.42 Å². The number of hydrogen-bond donors (Lipinski definition) is 0. The van der Waals surface area contributed by atoms with Crippen LogP contribution in [0.3, 0.4) is 0 Å². The molecule has 0 fully saturated rings. The zero-order valence-corrected chi connectivity index (χ0v) is 13.3. The number of hydrogen-bond acceptors (Lipinski definition) is 1. The van der Waals surface area contributed by atoms with E-state index in [4.69, 9.17) is 4.74 Å². The first kappa shape index (κ1) is 14.2. The lowest BCUT2D eigenvalue weighted by Crippen LogP contribution is -2.17. The van der Waals surface area contributed by atoms with Gasteiger partial charge in [-0.25, -0.2) is 0 Å².